The van der Waals surface area contributed by atoms with Crippen molar-refractivity contribution in [3.8, 4) is 5.75 Å². The van der Waals surface area contributed by atoms with Gasteiger partial charge in [0.1, 0.15) is 23.7 Å². The van der Waals surface area contributed by atoms with Crippen LogP contribution in [0.2, 0.25) is 0 Å². The molecule has 3 aromatic rings. The molecule has 2 aromatic carbocycles. The van der Waals surface area contributed by atoms with Gasteiger partial charge in [-0.3, -0.25) is 9.36 Å². The molecule has 40 heavy (non-hydrogen) atoms. The van der Waals surface area contributed by atoms with Crippen molar-refractivity contribution in [2.45, 2.75) is 57.3 Å². The van der Waals surface area contributed by atoms with Crippen LogP contribution in [0.4, 0.5) is 14.6 Å². The van der Waals surface area contributed by atoms with Crippen molar-refractivity contribution in [2.24, 2.45) is 0 Å². The highest BCUT2D eigenvalue weighted by Gasteiger charge is 2.60. The maximum absolute atomic E-state index is 15.0. The summed E-state index contributed by atoms with van der Waals surface area (Å²) in [6, 6.07) is 12.8. The van der Waals surface area contributed by atoms with Crippen LogP contribution in [-0.4, -0.2) is 57.5 Å². The maximum Gasteiger partial charge on any atom is 0.351 e. The van der Waals surface area contributed by atoms with Crippen molar-refractivity contribution in [2.75, 3.05) is 12.3 Å². The number of hydrogen-bond acceptors (Lipinski definition) is 10. The van der Waals surface area contributed by atoms with Crippen molar-refractivity contribution in [3.05, 3.63) is 65.2 Å². The highest BCUT2D eigenvalue weighted by Crippen LogP contribution is 2.48. The fourth-order valence-corrected chi connectivity index (χ4v) is 6.37. The topological polar surface area (TPSA) is 147 Å². The molecule has 0 bridgehead atoms. The average molecular weight is 599 g/mol. The van der Waals surface area contributed by atoms with E-state index in [4.69, 9.17) is 36.1 Å². The number of nitrogens with one attached hydrogen (secondary N) is 1. The molecule has 1 unspecified atom stereocenters. The fraction of sp³-hybridized carbons (Fsp3) is 0.400. The van der Waals surface area contributed by atoms with Crippen LogP contribution in [0.15, 0.2) is 59.5 Å². The van der Waals surface area contributed by atoms with E-state index in [0.29, 0.717) is 10.3 Å². The third-order valence-electron chi connectivity index (χ3n) is 5.90. The average Bonchev–Trinajstić information content (AvgIpc) is 3.10. The standard InChI is InChI=1S/C25H29F2N4O7PS/c1-14(2)36-22(33)15(3)30-39(40,38-18-9-8-16-6-4-5-7-17(16)12-18)35-13-19-21(32)25(26,27)23(37-19)31-11-10-20(28)29-24(31)34/h4-12,14-15,19,21,23,32H,13H2,1-3H3,(H,30,40)(H2,28,29,34)/t15-,19+,21+,23+,39?/m0/s1. The van der Waals surface area contributed by atoms with Gasteiger partial charge in [0.05, 0.1) is 12.7 Å². The molecule has 11 nitrogen and oxygen atoms in total. The first-order chi connectivity index (χ1) is 18.8. The molecule has 2 heterocycles. The number of nitrogens with two attached hydrogens (primary N) is 1. The van der Waals surface area contributed by atoms with Gasteiger partial charge in [-0.2, -0.15) is 13.8 Å². The Morgan fingerprint density at radius 2 is 1.95 bits per heavy atom. The van der Waals surface area contributed by atoms with Gasteiger partial charge in [-0.25, -0.2) is 9.88 Å². The van der Waals surface area contributed by atoms with Crippen LogP contribution in [0.5, 0.6) is 5.75 Å². The number of nitrogen functional groups attached to an aromatic ring is 1. The van der Waals surface area contributed by atoms with Crippen LogP contribution >= 0.6 is 6.64 Å². The summed E-state index contributed by atoms with van der Waals surface area (Å²) in [4.78, 5) is 28.1. The van der Waals surface area contributed by atoms with Gasteiger partial charge in [0.15, 0.2) is 6.10 Å². The van der Waals surface area contributed by atoms with Gasteiger partial charge in [-0.15, -0.1) is 0 Å². The lowest BCUT2D eigenvalue weighted by atomic mass is 10.1. The summed E-state index contributed by atoms with van der Waals surface area (Å²) in [6.45, 7) is 0.541. The molecule has 4 rings (SSSR count). The highest BCUT2D eigenvalue weighted by molar-refractivity contribution is 8.09. The first kappa shape index (κ1) is 30.0. The van der Waals surface area contributed by atoms with Crippen LogP contribution in [0.3, 0.4) is 0 Å². The Balaban J connectivity index is 1.57. The number of halogens is 2. The molecule has 0 saturated carbocycles. The molecule has 0 radical (unpaired) electrons. The minimum atomic E-state index is -3.89. The third-order valence-corrected chi connectivity index (χ3v) is 8.40. The van der Waals surface area contributed by atoms with Gasteiger partial charge >= 0.3 is 24.2 Å². The Morgan fingerprint density at radius 3 is 2.62 bits per heavy atom. The lowest BCUT2D eigenvalue weighted by molar-refractivity contribution is -0.149. The molecule has 1 aliphatic heterocycles. The summed E-state index contributed by atoms with van der Waals surface area (Å²) in [5, 5.41) is 15.0. The van der Waals surface area contributed by atoms with E-state index in [0.717, 1.165) is 23.0 Å². The van der Waals surface area contributed by atoms with E-state index in [1.807, 2.05) is 24.3 Å². The molecular weight excluding hydrogens is 569 g/mol. The van der Waals surface area contributed by atoms with Crippen LogP contribution in [0.1, 0.15) is 27.0 Å². The van der Waals surface area contributed by atoms with Gasteiger partial charge < -0.3 is 29.4 Å². The van der Waals surface area contributed by atoms with Gasteiger partial charge in [0, 0.05) is 6.20 Å². The Hall–Kier alpha value is -3.00. The molecule has 0 spiro atoms. The molecule has 1 saturated heterocycles. The van der Waals surface area contributed by atoms with Gasteiger partial charge in [-0.05, 0) is 61.5 Å². The number of anilines is 1. The smallest absolute Gasteiger partial charge is 0.351 e. The number of fused-ring (bicyclic) bond motifs is 1. The van der Waals surface area contributed by atoms with Crippen LogP contribution in [-0.2, 0) is 30.6 Å². The summed E-state index contributed by atoms with van der Waals surface area (Å²) in [6.07, 6.45) is -5.56. The van der Waals surface area contributed by atoms with E-state index >= 15 is 0 Å². The normalized spacial score (nSPS) is 22.6. The minimum absolute atomic E-state index is 0.161. The number of aliphatic hydroxyl groups is 1. The first-order valence-electron chi connectivity index (χ1n) is 12.3. The fourth-order valence-electron chi connectivity index (χ4n) is 3.96. The first-order valence-corrected chi connectivity index (χ1v) is 14.9. The molecule has 1 fully saturated rings. The number of rotatable bonds is 10. The molecule has 0 aliphatic carbocycles. The van der Waals surface area contributed by atoms with E-state index < -0.39 is 61.4 Å². The molecular formula is C25H29F2N4O7PS. The van der Waals surface area contributed by atoms with Gasteiger partial charge in [-0.1, -0.05) is 30.3 Å². The summed E-state index contributed by atoms with van der Waals surface area (Å²) < 4.78 is 52.9. The Kier molecular flexibility index (Phi) is 8.88. The second-order valence-electron chi connectivity index (χ2n) is 9.42. The number of nitrogens with zero attached hydrogens (tertiary/aromatic N) is 2. The Morgan fingerprint density at radius 1 is 1.25 bits per heavy atom. The maximum atomic E-state index is 15.0. The number of ether oxygens (including phenoxy) is 2. The van der Waals surface area contributed by atoms with Crippen molar-refractivity contribution in [3.63, 3.8) is 0 Å². The van der Waals surface area contributed by atoms with Crippen molar-refractivity contribution < 1.29 is 37.2 Å². The van der Waals surface area contributed by atoms with E-state index in [1.54, 1.807) is 32.0 Å². The summed E-state index contributed by atoms with van der Waals surface area (Å²) in [5.74, 6) is -4.38. The molecule has 1 aliphatic rings. The SMILES string of the molecule is CC(C)OC(=O)[C@H](C)NP(=S)(OC[C@H]1O[C@@H](n2ccc(N)nc2=O)C(F)(F)[C@@H]1O)Oc1ccc2ccccc2c1. The van der Waals surface area contributed by atoms with Crippen molar-refractivity contribution in [1.29, 1.82) is 0 Å². The summed E-state index contributed by atoms with van der Waals surface area (Å²) in [7, 11) is 0. The quantitative estimate of drug-likeness (QED) is 0.234. The second-order valence-corrected chi connectivity index (χ2v) is 12.6. The second kappa shape index (κ2) is 11.9. The molecule has 0 amide bonds. The predicted molar refractivity (Wildman–Crippen MR) is 146 cm³/mol. The number of aromatic nitrogens is 2. The van der Waals surface area contributed by atoms with Crippen molar-refractivity contribution >= 4 is 41.0 Å². The zero-order valence-corrected chi connectivity index (χ0v) is 23.5. The number of carbonyl (C=O) groups excluding carboxylic acids is 1. The lowest BCUT2D eigenvalue weighted by Crippen LogP contribution is -2.42. The Bertz CT molecular complexity index is 1490. The summed E-state index contributed by atoms with van der Waals surface area (Å²) in [5.41, 5.74) is 4.36. The Labute approximate surface area is 233 Å². The molecule has 4 N–H and O–H groups in total. The lowest BCUT2D eigenvalue weighted by Gasteiger charge is -2.28. The number of esters is 1. The highest BCUT2D eigenvalue weighted by atomic mass is 32.5. The number of carbonyl (C=O) groups is 1. The van der Waals surface area contributed by atoms with E-state index in [-0.39, 0.29) is 5.82 Å². The van der Waals surface area contributed by atoms with Gasteiger partial charge in [0.2, 0.25) is 6.23 Å². The molecule has 5 atom stereocenters. The monoisotopic (exact) mass is 598 g/mol. The molecule has 1 aromatic heterocycles. The molecule has 15 heteroatoms. The zero-order chi connectivity index (χ0) is 29.2. The van der Waals surface area contributed by atoms with Gasteiger partial charge in [0.25, 0.3) is 0 Å². The van der Waals surface area contributed by atoms with E-state index in [1.165, 1.54) is 6.92 Å². The number of aliphatic hydroxyl groups excluding tert-OH is 1. The van der Waals surface area contributed by atoms with Crippen LogP contribution in [0.25, 0.3) is 10.8 Å². The van der Waals surface area contributed by atoms with Crippen LogP contribution in [0, 0.1) is 0 Å². The summed E-state index contributed by atoms with van der Waals surface area (Å²) >= 11 is 5.65. The van der Waals surface area contributed by atoms with E-state index in [2.05, 4.69) is 10.1 Å². The third kappa shape index (κ3) is 6.65. The minimum Gasteiger partial charge on any atom is -0.462 e. The molecule has 216 valence electrons. The number of benzene rings is 2. The number of hydrogen-bond donors (Lipinski definition) is 3. The largest absolute Gasteiger partial charge is 0.462 e. The zero-order valence-electron chi connectivity index (χ0n) is 21.8. The van der Waals surface area contributed by atoms with Crippen LogP contribution < -0.4 is 21.0 Å². The van der Waals surface area contributed by atoms with E-state index in [9.17, 15) is 23.5 Å². The predicted octanol–water partition coefficient (Wildman–Crippen LogP) is 3.12. The van der Waals surface area contributed by atoms with Crippen molar-refractivity contribution in [1.82, 2.24) is 14.6 Å². The number of alkyl halides is 2.